The first-order valence-corrected chi connectivity index (χ1v) is 8.83. The minimum absolute atomic E-state index is 0. The highest BCUT2D eigenvalue weighted by molar-refractivity contribution is 14.0. The molecule has 0 amide bonds. The molecule has 0 aliphatic heterocycles. The zero-order chi connectivity index (χ0) is 19.0. The zero-order valence-corrected chi connectivity index (χ0v) is 17.7. The van der Waals surface area contributed by atoms with Gasteiger partial charge in [0.2, 0.25) is 0 Å². The maximum Gasteiger partial charge on any atom is 0.434 e. The number of guanidine groups is 1. The van der Waals surface area contributed by atoms with E-state index in [-0.39, 0.29) is 24.0 Å². The van der Waals surface area contributed by atoms with Gasteiger partial charge in [-0.15, -0.1) is 35.3 Å². The molecular formula is C17H19F3IN5S. The highest BCUT2D eigenvalue weighted by Crippen LogP contribution is 2.29. The maximum absolute atomic E-state index is 12.5. The third-order valence-electron chi connectivity index (χ3n) is 3.32. The summed E-state index contributed by atoms with van der Waals surface area (Å²) in [5, 5.41) is 16.4. The van der Waals surface area contributed by atoms with Gasteiger partial charge in [0.25, 0.3) is 0 Å². The lowest BCUT2D eigenvalue weighted by molar-refractivity contribution is -0.140. The molecule has 0 atom stereocenters. The molecule has 1 aromatic carbocycles. The van der Waals surface area contributed by atoms with Crippen LogP contribution in [0.4, 0.5) is 13.2 Å². The molecule has 2 rings (SSSR count). The number of nitriles is 1. The molecule has 146 valence electrons. The van der Waals surface area contributed by atoms with Crippen molar-refractivity contribution in [2.45, 2.75) is 26.1 Å². The normalized spacial score (nSPS) is 11.4. The average Bonchev–Trinajstić information content (AvgIpc) is 3.09. The Balaban J connectivity index is 0.00000364. The molecule has 0 unspecified atom stereocenters. The Morgan fingerprint density at radius 2 is 1.96 bits per heavy atom. The van der Waals surface area contributed by atoms with Gasteiger partial charge in [0.1, 0.15) is 0 Å². The predicted octanol–water partition coefficient (Wildman–Crippen LogP) is 3.95. The summed E-state index contributed by atoms with van der Waals surface area (Å²) >= 11 is 0.997. The second-order valence-electron chi connectivity index (χ2n) is 5.30. The predicted molar refractivity (Wildman–Crippen MR) is 110 cm³/mol. The van der Waals surface area contributed by atoms with Gasteiger partial charge in [0.05, 0.1) is 23.2 Å². The van der Waals surface area contributed by atoms with Gasteiger partial charge in [-0.2, -0.15) is 18.4 Å². The Hall–Kier alpha value is -1.87. The molecule has 0 aliphatic rings. The monoisotopic (exact) mass is 509 g/mol. The second-order valence-corrected chi connectivity index (χ2v) is 6.25. The van der Waals surface area contributed by atoms with Crippen molar-refractivity contribution in [1.82, 2.24) is 15.6 Å². The van der Waals surface area contributed by atoms with Gasteiger partial charge in [0.15, 0.2) is 11.7 Å². The van der Waals surface area contributed by atoms with Gasteiger partial charge in [-0.25, -0.2) is 9.98 Å². The largest absolute Gasteiger partial charge is 0.434 e. The van der Waals surface area contributed by atoms with E-state index in [0.717, 1.165) is 22.3 Å². The molecular weight excluding hydrogens is 490 g/mol. The summed E-state index contributed by atoms with van der Waals surface area (Å²) in [7, 11) is 0. The van der Waals surface area contributed by atoms with Crippen LogP contribution in [0.3, 0.4) is 0 Å². The number of alkyl halides is 3. The van der Waals surface area contributed by atoms with E-state index >= 15 is 0 Å². The topological polar surface area (TPSA) is 73.1 Å². The number of aliphatic imine (C=N–C) groups is 1. The maximum atomic E-state index is 12.5. The lowest BCUT2D eigenvalue weighted by Gasteiger charge is -2.10. The van der Waals surface area contributed by atoms with Crippen LogP contribution in [0.15, 0.2) is 34.6 Å². The quantitative estimate of drug-likeness (QED) is 0.352. The Bertz CT molecular complexity index is 781. The van der Waals surface area contributed by atoms with Crippen molar-refractivity contribution in [3.05, 3.63) is 51.5 Å². The number of rotatable bonds is 6. The number of aromatic nitrogens is 1. The molecule has 0 radical (unpaired) electrons. The minimum Gasteiger partial charge on any atom is -0.357 e. The summed E-state index contributed by atoms with van der Waals surface area (Å²) in [5.74, 6) is 0.574. The fraction of sp³-hybridized carbons (Fsp3) is 0.353. The summed E-state index contributed by atoms with van der Waals surface area (Å²) in [5.41, 5.74) is 0.694. The molecule has 0 fully saturated rings. The van der Waals surface area contributed by atoms with Crippen molar-refractivity contribution in [2.24, 2.45) is 4.99 Å². The molecule has 10 heteroatoms. The summed E-state index contributed by atoms with van der Waals surface area (Å²) in [6.07, 6.45) is -4.03. The lowest BCUT2D eigenvalue weighted by atomic mass is 10.1. The molecule has 0 spiro atoms. The van der Waals surface area contributed by atoms with E-state index in [2.05, 4.69) is 26.7 Å². The number of hydrogen-bond acceptors (Lipinski definition) is 4. The number of thiazole rings is 1. The zero-order valence-electron chi connectivity index (χ0n) is 14.5. The highest BCUT2D eigenvalue weighted by Gasteiger charge is 2.33. The smallest absolute Gasteiger partial charge is 0.357 e. The fourth-order valence-corrected chi connectivity index (χ4v) is 2.85. The SMILES string of the molecule is CCNC(=NCc1ccc(C#N)cc1)NCCc1nc(C(F)(F)F)cs1.I. The molecule has 0 aliphatic carbocycles. The molecule has 1 heterocycles. The first kappa shape index (κ1) is 23.2. The van der Waals surface area contributed by atoms with E-state index in [4.69, 9.17) is 5.26 Å². The third kappa shape index (κ3) is 7.72. The van der Waals surface area contributed by atoms with E-state index in [9.17, 15) is 13.2 Å². The van der Waals surface area contributed by atoms with Crippen molar-refractivity contribution < 1.29 is 13.2 Å². The molecule has 1 aromatic heterocycles. The summed E-state index contributed by atoms with van der Waals surface area (Å²) < 4.78 is 37.6. The van der Waals surface area contributed by atoms with Crippen molar-refractivity contribution in [2.75, 3.05) is 13.1 Å². The van der Waals surface area contributed by atoms with Crippen molar-refractivity contribution >= 4 is 41.3 Å². The van der Waals surface area contributed by atoms with E-state index < -0.39 is 11.9 Å². The van der Waals surface area contributed by atoms with E-state index in [1.807, 2.05) is 19.1 Å². The fourth-order valence-electron chi connectivity index (χ4n) is 2.04. The summed E-state index contributed by atoms with van der Waals surface area (Å²) in [6.45, 7) is 3.44. The van der Waals surface area contributed by atoms with Crippen LogP contribution in [-0.4, -0.2) is 24.0 Å². The van der Waals surface area contributed by atoms with Crippen LogP contribution in [0.2, 0.25) is 0 Å². The Kier molecular flexibility index (Phi) is 9.51. The molecule has 0 bridgehead atoms. The Labute approximate surface area is 176 Å². The molecule has 0 saturated heterocycles. The van der Waals surface area contributed by atoms with Crippen LogP contribution in [0, 0.1) is 11.3 Å². The van der Waals surface area contributed by atoms with Crippen LogP contribution in [0.1, 0.15) is 28.8 Å². The lowest BCUT2D eigenvalue weighted by Crippen LogP contribution is -2.38. The Morgan fingerprint density at radius 3 is 2.52 bits per heavy atom. The van der Waals surface area contributed by atoms with Crippen molar-refractivity contribution in [3.63, 3.8) is 0 Å². The molecule has 2 N–H and O–H groups in total. The summed E-state index contributed by atoms with van der Waals surface area (Å²) in [4.78, 5) is 8.03. The van der Waals surface area contributed by atoms with Crippen LogP contribution in [0.25, 0.3) is 0 Å². The number of nitrogens with one attached hydrogen (secondary N) is 2. The summed E-state index contributed by atoms with van der Waals surface area (Å²) in [6, 6.07) is 9.18. The second kappa shape index (κ2) is 11.1. The van der Waals surface area contributed by atoms with Crippen LogP contribution >= 0.6 is 35.3 Å². The van der Waals surface area contributed by atoms with Crippen LogP contribution in [0.5, 0.6) is 0 Å². The van der Waals surface area contributed by atoms with Crippen molar-refractivity contribution in [3.8, 4) is 6.07 Å². The van der Waals surface area contributed by atoms with Crippen LogP contribution in [-0.2, 0) is 19.1 Å². The van der Waals surface area contributed by atoms with Gasteiger partial charge in [0, 0.05) is 24.9 Å². The number of halogens is 4. The third-order valence-corrected chi connectivity index (χ3v) is 4.23. The van der Waals surface area contributed by atoms with Gasteiger partial charge in [-0.05, 0) is 24.6 Å². The van der Waals surface area contributed by atoms with E-state index in [1.165, 1.54) is 0 Å². The first-order valence-electron chi connectivity index (χ1n) is 7.95. The average molecular weight is 509 g/mol. The molecule has 2 aromatic rings. The van der Waals surface area contributed by atoms with Gasteiger partial charge < -0.3 is 10.6 Å². The van der Waals surface area contributed by atoms with E-state index in [1.54, 1.807) is 12.1 Å². The molecule has 0 saturated carbocycles. The number of benzene rings is 1. The standard InChI is InChI=1S/C17H18F3N5S.HI/c1-2-22-16(24-10-13-5-3-12(9-21)4-6-13)23-8-7-15-25-14(11-26-15)17(18,19)20;/h3-6,11H,2,7-8,10H2,1H3,(H2,22,23,24);1H. The number of hydrogen-bond donors (Lipinski definition) is 2. The number of nitrogens with zero attached hydrogens (tertiary/aromatic N) is 3. The van der Waals surface area contributed by atoms with E-state index in [0.29, 0.717) is 42.6 Å². The van der Waals surface area contributed by atoms with Crippen LogP contribution < -0.4 is 10.6 Å². The molecule has 27 heavy (non-hydrogen) atoms. The van der Waals surface area contributed by atoms with Crippen molar-refractivity contribution in [1.29, 1.82) is 5.26 Å². The van der Waals surface area contributed by atoms with Gasteiger partial charge in [-0.1, -0.05) is 12.1 Å². The molecule has 5 nitrogen and oxygen atoms in total. The highest BCUT2D eigenvalue weighted by atomic mass is 127. The minimum atomic E-state index is -4.40. The van der Waals surface area contributed by atoms with Gasteiger partial charge in [-0.3, -0.25) is 0 Å². The first-order chi connectivity index (χ1) is 12.4. The van der Waals surface area contributed by atoms with Gasteiger partial charge >= 0.3 is 6.18 Å². The Morgan fingerprint density at radius 1 is 1.26 bits per heavy atom.